The third-order valence-electron chi connectivity index (χ3n) is 4.75. The van der Waals surface area contributed by atoms with E-state index in [2.05, 4.69) is 20.6 Å². The average Bonchev–Trinajstić information content (AvgIpc) is 3.15. The molecular formula is C23H22N4O2. The van der Waals surface area contributed by atoms with Crippen molar-refractivity contribution in [1.82, 2.24) is 15.3 Å². The van der Waals surface area contributed by atoms with Gasteiger partial charge in [-0.2, -0.15) is 0 Å². The fourth-order valence-corrected chi connectivity index (χ4v) is 3.08. The van der Waals surface area contributed by atoms with Crippen molar-refractivity contribution in [3.8, 4) is 5.75 Å². The first-order valence-corrected chi connectivity index (χ1v) is 9.36. The lowest BCUT2D eigenvalue weighted by Gasteiger charge is -2.06. The van der Waals surface area contributed by atoms with Gasteiger partial charge in [0.15, 0.2) is 0 Å². The zero-order chi connectivity index (χ0) is 20.2. The summed E-state index contributed by atoms with van der Waals surface area (Å²) in [7, 11) is 1.63. The highest BCUT2D eigenvalue weighted by atomic mass is 16.5. The molecular weight excluding hydrogens is 364 g/mol. The number of carbonyl (C=O) groups is 1. The standard InChI is InChI=1S/C23H22N4O2/c1-15-5-3-4-6-19(15)25-23-26-20-12-9-17(13-21(20)27-23)22(28)24-14-16-7-10-18(29-2)11-8-16/h3-13H,14H2,1-2H3,(H,24,28)(H2,25,26,27). The van der Waals surface area contributed by atoms with Crippen LogP contribution in [0, 0.1) is 6.92 Å². The van der Waals surface area contributed by atoms with Crippen LogP contribution in [0.1, 0.15) is 21.5 Å². The molecule has 0 aliphatic rings. The predicted molar refractivity (Wildman–Crippen MR) is 115 cm³/mol. The molecule has 0 unspecified atom stereocenters. The second-order valence-electron chi connectivity index (χ2n) is 6.79. The first kappa shape index (κ1) is 18.6. The van der Waals surface area contributed by atoms with Crippen LogP contribution in [0.15, 0.2) is 66.7 Å². The summed E-state index contributed by atoms with van der Waals surface area (Å²) in [6, 6.07) is 21.1. The molecule has 6 heteroatoms. The van der Waals surface area contributed by atoms with E-state index in [4.69, 9.17) is 4.74 Å². The van der Waals surface area contributed by atoms with Crippen molar-refractivity contribution in [2.24, 2.45) is 0 Å². The molecule has 4 rings (SSSR count). The van der Waals surface area contributed by atoms with Gasteiger partial charge in [-0.25, -0.2) is 4.98 Å². The minimum Gasteiger partial charge on any atom is -0.497 e. The SMILES string of the molecule is COc1ccc(CNC(=O)c2ccc3nc(Nc4ccccc4C)[nH]c3c2)cc1. The molecule has 0 aliphatic heterocycles. The van der Waals surface area contributed by atoms with Gasteiger partial charge in [-0.05, 0) is 54.4 Å². The Balaban J connectivity index is 1.46. The number of nitrogens with one attached hydrogen (secondary N) is 3. The Hall–Kier alpha value is -3.80. The Kier molecular flexibility index (Phi) is 5.16. The number of aromatic nitrogens is 2. The topological polar surface area (TPSA) is 79.0 Å². The molecule has 0 bridgehead atoms. The van der Waals surface area contributed by atoms with Gasteiger partial charge in [0.25, 0.3) is 5.91 Å². The van der Waals surface area contributed by atoms with Crippen molar-refractivity contribution in [3.05, 3.63) is 83.4 Å². The van der Waals surface area contributed by atoms with E-state index < -0.39 is 0 Å². The molecule has 0 atom stereocenters. The number of rotatable bonds is 6. The van der Waals surface area contributed by atoms with E-state index in [0.29, 0.717) is 18.1 Å². The van der Waals surface area contributed by atoms with Crippen molar-refractivity contribution >= 4 is 28.6 Å². The Labute approximate surface area is 168 Å². The smallest absolute Gasteiger partial charge is 0.251 e. The molecule has 3 aromatic carbocycles. The summed E-state index contributed by atoms with van der Waals surface area (Å²) in [6.07, 6.45) is 0. The van der Waals surface area contributed by atoms with E-state index in [-0.39, 0.29) is 5.91 Å². The van der Waals surface area contributed by atoms with Gasteiger partial charge in [0.2, 0.25) is 5.95 Å². The number of ether oxygens (including phenoxy) is 1. The largest absolute Gasteiger partial charge is 0.497 e. The maximum absolute atomic E-state index is 12.5. The van der Waals surface area contributed by atoms with Gasteiger partial charge in [0.05, 0.1) is 18.1 Å². The number of amides is 1. The first-order valence-electron chi connectivity index (χ1n) is 9.36. The second-order valence-corrected chi connectivity index (χ2v) is 6.79. The molecule has 4 aromatic rings. The van der Waals surface area contributed by atoms with Gasteiger partial charge in [-0.3, -0.25) is 4.79 Å². The summed E-state index contributed by atoms with van der Waals surface area (Å²) in [5.74, 6) is 1.30. The Bertz CT molecular complexity index is 1150. The van der Waals surface area contributed by atoms with Crippen LogP contribution >= 0.6 is 0 Å². The van der Waals surface area contributed by atoms with E-state index in [0.717, 1.165) is 33.6 Å². The molecule has 6 nitrogen and oxygen atoms in total. The van der Waals surface area contributed by atoms with Crippen LogP contribution < -0.4 is 15.4 Å². The van der Waals surface area contributed by atoms with E-state index in [1.807, 2.05) is 67.6 Å². The molecule has 1 aromatic heterocycles. The summed E-state index contributed by atoms with van der Waals surface area (Å²) < 4.78 is 5.15. The molecule has 0 saturated carbocycles. The molecule has 0 aliphatic carbocycles. The van der Waals surface area contributed by atoms with Gasteiger partial charge >= 0.3 is 0 Å². The van der Waals surface area contributed by atoms with Gasteiger partial charge in [0, 0.05) is 17.8 Å². The molecule has 0 fully saturated rings. The third kappa shape index (κ3) is 4.21. The van der Waals surface area contributed by atoms with Crippen LogP contribution in [0.4, 0.5) is 11.6 Å². The number of anilines is 2. The van der Waals surface area contributed by atoms with E-state index in [9.17, 15) is 4.79 Å². The van der Waals surface area contributed by atoms with Crippen molar-refractivity contribution in [2.45, 2.75) is 13.5 Å². The lowest BCUT2D eigenvalue weighted by molar-refractivity contribution is 0.0951. The first-order chi connectivity index (χ1) is 14.1. The van der Waals surface area contributed by atoms with E-state index in [1.165, 1.54) is 0 Å². The highest BCUT2D eigenvalue weighted by Gasteiger charge is 2.10. The van der Waals surface area contributed by atoms with Crippen LogP contribution in [-0.2, 0) is 6.54 Å². The number of methoxy groups -OCH3 is 1. The Morgan fingerprint density at radius 1 is 1.07 bits per heavy atom. The summed E-state index contributed by atoms with van der Waals surface area (Å²) in [5.41, 5.74) is 5.31. The molecule has 1 amide bonds. The molecule has 29 heavy (non-hydrogen) atoms. The van der Waals surface area contributed by atoms with Gasteiger partial charge in [-0.15, -0.1) is 0 Å². The summed E-state index contributed by atoms with van der Waals surface area (Å²) in [6.45, 7) is 2.49. The number of H-pyrrole nitrogens is 1. The minimum absolute atomic E-state index is 0.134. The maximum Gasteiger partial charge on any atom is 0.251 e. The Morgan fingerprint density at radius 2 is 1.86 bits per heavy atom. The van der Waals surface area contributed by atoms with Gasteiger partial charge in [0.1, 0.15) is 5.75 Å². The highest BCUT2D eigenvalue weighted by Crippen LogP contribution is 2.21. The number of imidazole rings is 1. The minimum atomic E-state index is -0.134. The zero-order valence-electron chi connectivity index (χ0n) is 16.3. The maximum atomic E-state index is 12.5. The van der Waals surface area contributed by atoms with Crippen LogP contribution in [0.3, 0.4) is 0 Å². The molecule has 1 heterocycles. The van der Waals surface area contributed by atoms with Crippen molar-refractivity contribution in [3.63, 3.8) is 0 Å². The lowest BCUT2D eigenvalue weighted by Crippen LogP contribution is -2.22. The number of benzene rings is 3. The number of hydrogen-bond acceptors (Lipinski definition) is 4. The normalized spacial score (nSPS) is 10.7. The number of aryl methyl sites for hydroxylation is 1. The van der Waals surface area contributed by atoms with Crippen LogP contribution in [0.2, 0.25) is 0 Å². The monoisotopic (exact) mass is 386 g/mol. The molecule has 0 radical (unpaired) electrons. The van der Waals surface area contributed by atoms with Crippen molar-refractivity contribution in [2.75, 3.05) is 12.4 Å². The Morgan fingerprint density at radius 3 is 2.62 bits per heavy atom. The lowest BCUT2D eigenvalue weighted by atomic mass is 10.1. The summed E-state index contributed by atoms with van der Waals surface area (Å²) in [4.78, 5) is 20.3. The number of aromatic amines is 1. The van der Waals surface area contributed by atoms with Crippen molar-refractivity contribution < 1.29 is 9.53 Å². The molecule has 0 spiro atoms. The van der Waals surface area contributed by atoms with Gasteiger partial charge < -0.3 is 20.4 Å². The summed E-state index contributed by atoms with van der Waals surface area (Å²) >= 11 is 0. The predicted octanol–water partition coefficient (Wildman–Crippen LogP) is 4.55. The van der Waals surface area contributed by atoms with Gasteiger partial charge in [-0.1, -0.05) is 30.3 Å². The average molecular weight is 386 g/mol. The van der Waals surface area contributed by atoms with Crippen LogP contribution in [0.25, 0.3) is 11.0 Å². The number of fused-ring (bicyclic) bond motifs is 1. The molecule has 146 valence electrons. The fraction of sp³-hybridized carbons (Fsp3) is 0.130. The van der Waals surface area contributed by atoms with Crippen molar-refractivity contribution in [1.29, 1.82) is 0 Å². The summed E-state index contributed by atoms with van der Waals surface area (Å²) in [5, 5.41) is 6.23. The number of carbonyl (C=O) groups excluding carboxylic acids is 1. The van der Waals surface area contributed by atoms with Crippen LogP contribution in [0.5, 0.6) is 5.75 Å². The third-order valence-corrected chi connectivity index (χ3v) is 4.75. The molecule has 0 saturated heterocycles. The molecule has 3 N–H and O–H groups in total. The number of nitrogens with zero attached hydrogens (tertiary/aromatic N) is 1. The second kappa shape index (κ2) is 8.06. The highest BCUT2D eigenvalue weighted by molar-refractivity contribution is 5.97. The quantitative estimate of drug-likeness (QED) is 0.454. The fourth-order valence-electron chi connectivity index (χ4n) is 3.08. The van der Waals surface area contributed by atoms with Crippen LogP contribution in [-0.4, -0.2) is 23.0 Å². The van der Waals surface area contributed by atoms with E-state index in [1.54, 1.807) is 13.2 Å². The van der Waals surface area contributed by atoms with E-state index >= 15 is 0 Å². The number of hydrogen-bond donors (Lipinski definition) is 3. The number of para-hydroxylation sites is 1. The zero-order valence-corrected chi connectivity index (χ0v) is 16.3.